The summed E-state index contributed by atoms with van der Waals surface area (Å²) in [5, 5.41) is 9.64. The SMILES string of the molecule is OC1C=CCCC1OCc1ccccc1. The Morgan fingerprint density at radius 2 is 2.07 bits per heavy atom. The van der Waals surface area contributed by atoms with Gasteiger partial charge in [-0.15, -0.1) is 0 Å². The lowest BCUT2D eigenvalue weighted by Crippen LogP contribution is -2.29. The number of aliphatic hydroxyl groups is 1. The molecule has 0 amide bonds. The summed E-state index contributed by atoms with van der Waals surface area (Å²) in [5.74, 6) is 0. The van der Waals surface area contributed by atoms with Crippen LogP contribution in [-0.2, 0) is 11.3 Å². The molecular formula is C13H16O2. The van der Waals surface area contributed by atoms with Gasteiger partial charge in [0.05, 0.1) is 18.8 Å². The van der Waals surface area contributed by atoms with Gasteiger partial charge in [-0.2, -0.15) is 0 Å². The molecule has 2 heteroatoms. The van der Waals surface area contributed by atoms with E-state index in [1.54, 1.807) is 0 Å². The van der Waals surface area contributed by atoms with Crippen molar-refractivity contribution in [2.45, 2.75) is 31.7 Å². The molecule has 2 atom stereocenters. The van der Waals surface area contributed by atoms with Gasteiger partial charge in [0.25, 0.3) is 0 Å². The molecule has 15 heavy (non-hydrogen) atoms. The molecule has 0 radical (unpaired) electrons. The quantitative estimate of drug-likeness (QED) is 0.765. The van der Waals surface area contributed by atoms with Crippen LogP contribution in [0.4, 0.5) is 0 Å². The van der Waals surface area contributed by atoms with E-state index in [1.165, 1.54) is 0 Å². The van der Waals surface area contributed by atoms with Crippen LogP contribution in [0.5, 0.6) is 0 Å². The van der Waals surface area contributed by atoms with Crippen molar-refractivity contribution in [3.63, 3.8) is 0 Å². The number of allylic oxidation sites excluding steroid dienone is 1. The summed E-state index contributed by atoms with van der Waals surface area (Å²) in [6.07, 6.45) is 5.24. The van der Waals surface area contributed by atoms with Gasteiger partial charge in [-0.05, 0) is 18.4 Å². The van der Waals surface area contributed by atoms with Crippen LogP contribution >= 0.6 is 0 Å². The van der Waals surface area contributed by atoms with Crippen molar-refractivity contribution in [2.75, 3.05) is 0 Å². The third-order valence-corrected chi connectivity index (χ3v) is 2.64. The first-order chi connectivity index (χ1) is 7.36. The molecule has 0 saturated carbocycles. The van der Waals surface area contributed by atoms with E-state index >= 15 is 0 Å². The zero-order valence-electron chi connectivity index (χ0n) is 8.67. The fourth-order valence-corrected chi connectivity index (χ4v) is 1.75. The van der Waals surface area contributed by atoms with E-state index in [2.05, 4.69) is 0 Å². The van der Waals surface area contributed by atoms with Crippen LogP contribution in [0, 0.1) is 0 Å². The molecule has 0 spiro atoms. The Morgan fingerprint density at radius 1 is 1.27 bits per heavy atom. The first-order valence-electron chi connectivity index (χ1n) is 5.36. The summed E-state index contributed by atoms with van der Waals surface area (Å²) in [6, 6.07) is 10.0. The maximum Gasteiger partial charge on any atom is 0.0982 e. The molecule has 0 aliphatic heterocycles. The molecule has 1 aromatic rings. The zero-order chi connectivity index (χ0) is 10.5. The van der Waals surface area contributed by atoms with Crippen molar-refractivity contribution in [1.29, 1.82) is 0 Å². The molecule has 0 aromatic heterocycles. The van der Waals surface area contributed by atoms with Gasteiger partial charge in [-0.25, -0.2) is 0 Å². The smallest absolute Gasteiger partial charge is 0.0982 e. The van der Waals surface area contributed by atoms with Crippen molar-refractivity contribution in [1.82, 2.24) is 0 Å². The highest BCUT2D eigenvalue weighted by Crippen LogP contribution is 2.16. The van der Waals surface area contributed by atoms with Gasteiger partial charge in [-0.3, -0.25) is 0 Å². The van der Waals surface area contributed by atoms with Crippen LogP contribution in [0.15, 0.2) is 42.5 Å². The Balaban J connectivity index is 1.85. The van der Waals surface area contributed by atoms with E-state index < -0.39 is 6.10 Å². The Bertz CT molecular complexity index is 319. The average Bonchev–Trinajstić information content (AvgIpc) is 2.29. The molecular weight excluding hydrogens is 188 g/mol. The maximum absolute atomic E-state index is 9.64. The second-order valence-electron chi connectivity index (χ2n) is 3.83. The highest BCUT2D eigenvalue weighted by molar-refractivity contribution is 5.13. The summed E-state index contributed by atoms with van der Waals surface area (Å²) < 4.78 is 5.68. The molecule has 2 nitrogen and oxygen atoms in total. The lowest BCUT2D eigenvalue weighted by atomic mass is 10.0. The number of hydrogen-bond acceptors (Lipinski definition) is 2. The van der Waals surface area contributed by atoms with E-state index in [-0.39, 0.29) is 6.10 Å². The molecule has 0 bridgehead atoms. The van der Waals surface area contributed by atoms with Crippen molar-refractivity contribution in [2.24, 2.45) is 0 Å². The minimum absolute atomic E-state index is 0.0461. The lowest BCUT2D eigenvalue weighted by molar-refractivity contribution is -0.0339. The largest absolute Gasteiger partial charge is 0.386 e. The first-order valence-corrected chi connectivity index (χ1v) is 5.36. The molecule has 0 heterocycles. The van der Waals surface area contributed by atoms with Crippen LogP contribution in [0.3, 0.4) is 0 Å². The van der Waals surface area contributed by atoms with Crippen LogP contribution in [0.1, 0.15) is 18.4 Å². The molecule has 1 N–H and O–H groups in total. The summed E-state index contributed by atoms with van der Waals surface area (Å²) in [5.41, 5.74) is 1.15. The maximum atomic E-state index is 9.64. The Hall–Kier alpha value is -1.12. The molecule has 1 aromatic carbocycles. The zero-order valence-corrected chi connectivity index (χ0v) is 8.67. The molecule has 2 unspecified atom stereocenters. The van der Waals surface area contributed by atoms with Gasteiger partial charge < -0.3 is 9.84 Å². The predicted molar refractivity (Wildman–Crippen MR) is 59.4 cm³/mol. The standard InChI is InChI=1S/C13H16O2/c14-12-8-4-5-9-13(12)15-10-11-6-2-1-3-7-11/h1-4,6-8,12-14H,5,9-10H2. The fourth-order valence-electron chi connectivity index (χ4n) is 1.75. The van der Waals surface area contributed by atoms with Gasteiger partial charge in [0.2, 0.25) is 0 Å². The molecule has 2 rings (SSSR count). The molecule has 0 saturated heterocycles. The minimum atomic E-state index is -0.442. The van der Waals surface area contributed by atoms with Crippen molar-refractivity contribution in [3.05, 3.63) is 48.0 Å². The molecule has 0 fully saturated rings. The van der Waals surface area contributed by atoms with Gasteiger partial charge in [0.1, 0.15) is 0 Å². The van der Waals surface area contributed by atoms with Crippen LogP contribution in [-0.4, -0.2) is 17.3 Å². The van der Waals surface area contributed by atoms with Gasteiger partial charge in [-0.1, -0.05) is 42.5 Å². The van der Waals surface area contributed by atoms with E-state index in [0.29, 0.717) is 6.61 Å². The average molecular weight is 204 g/mol. The van der Waals surface area contributed by atoms with Gasteiger partial charge in [0, 0.05) is 0 Å². The normalized spacial score (nSPS) is 25.4. The van der Waals surface area contributed by atoms with Crippen LogP contribution < -0.4 is 0 Å². The molecule has 1 aliphatic carbocycles. The van der Waals surface area contributed by atoms with E-state index in [1.807, 2.05) is 42.5 Å². The third kappa shape index (κ3) is 2.91. The summed E-state index contributed by atoms with van der Waals surface area (Å²) >= 11 is 0. The highest BCUT2D eigenvalue weighted by atomic mass is 16.5. The second kappa shape index (κ2) is 5.10. The first kappa shape index (κ1) is 10.4. The molecule has 1 aliphatic rings. The van der Waals surface area contributed by atoms with Crippen LogP contribution in [0.2, 0.25) is 0 Å². The molecule has 80 valence electrons. The predicted octanol–water partition coefficient (Wildman–Crippen LogP) is 2.28. The van der Waals surface area contributed by atoms with Gasteiger partial charge in [0.15, 0.2) is 0 Å². The second-order valence-corrected chi connectivity index (χ2v) is 3.83. The highest BCUT2D eigenvalue weighted by Gasteiger charge is 2.19. The summed E-state index contributed by atoms with van der Waals surface area (Å²) in [6.45, 7) is 0.580. The number of rotatable bonds is 3. The van der Waals surface area contributed by atoms with Gasteiger partial charge >= 0.3 is 0 Å². The Morgan fingerprint density at radius 3 is 2.80 bits per heavy atom. The van der Waals surface area contributed by atoms with E-state index in [9.17, 15) is 5.11 Å². The van der Waals surface area contributed by atoms with Crippen molar-refractivity contribution >= 4 is 0 Å². The van der Waals surface area contributed by atoms with Crippen molar-refractivity contribution in [3.8, 4) is 0 Å². The fraction of sp³-hybridized carbons (Fsp3) is 0.385. The monoisotopic (exact) mass is 204 g/mol. The number of hydrogen-bond donors (Lipinski definition) is 1. The number of ether oxygens (including phenoxy) is 1. The third-order valence-electron chi connectivity index (χ3n) is 2.64. The summed E-state index contributed by atoms with van der Waals surface area (Å²) in [4.78, 5) is 0. The minimum Gasteiger partial charge on any atom is -0.386 e. The van der Waals surface area contributed by atoms with Crippen LogP contribution in [0.25, 0.3) is 0 Å². The van der Waals surface area contributed by atoms with Crippen molar-refractivity contribution < 1.29 is 9.84 Å². The topological polar surface area (TPSA) is 29.5 Å². The van der Waals surface area contributed by atoms with E-state index in [4.69, 9.17) is 4.74 Å². The Labute approximate surface area is 90.2 Å². The lowest BCUT2D eigenvalue weighted by Gasteiger charge is -2.23. The number of benzene rings is 1. The Kier molecular flexibility index (Phi) is 3.54. The van der Waals surface area contributed by atoms with E-state index in [0.717, 1.165) is 18.4 Å². The summed E-state index contributed by atoms with van der Waals surface area (Å²) in [7, 11) is 0. The number of aliphatic hydroxyl groups excluding tert-OH is 1.